The number of rotatable bonds is 5. The Labute approximate surface area is 140 Å². The minimum absolute atomic E-state index is 0.0633. The molecule has 0 atom stereocenters. The third-order valence-corrected chi connectivity index (χ3v) is 4.24. The van der Waals surface area contributed by atoms with Gasteiger partial charge in [-0.1, -0.05) is 54.0 Å². The molecule has 4 heteroatoms. The molecule has 116 valence electrons. The van der Waals surface area contributed by atoms with Gasteiger partial charge in [0, 0.05) is 28.5 Å². The Hall–Kier alpha value is -1.65. The molecule has 2 aromatic carbocycles. The highest BCUT2D eigenvalue weighted by molar-refractivity contribution is 9.10. The first-order valence-corrected chi connectivity index (χ1v) is 8.05. The molecule has 2 rings (SSSR count). The molecule has 0 heterocycles. The van der Waals surface area contributed by atoms with Gasteiger partial charge in [0.25, 0.3) is 5.91 Å². The van der Waals surface area contributed by atoms with Crippen molar-refractivity contribution in [3.8, 4) is 0 Å². The molecule has 0 radical (unpaired) electrons. The van der Waals surface area contributed by atoms with Crippen LogP contribution in [-0.2, 0) is 12.0 Å². The van der Waals surface area contributed by atoms with Gasteiger partial charge in [-0.3, -0.25) is 4.79 Å². The van der Waals surface area contributed by atoms with Crippen molar-refractivity contribution in [2.75, 3.05) is 6.54 Å². The summed E-state index contributed by atoms with van der Waals surface area (Å²) in [5.41, 5.74) is 8.28. The van der Waals surface area contributed by atoms with E-state index in [-0.39, 0.29) is 11.3 Å². The molecular weight excluding hydrogens is 340 g/mol. The zero-order valence-corrected chi connectivity index (χ0v) is 14.5. The van der Waals surface area contributed by atoms with Gasteiger partial charge in [-0.15, -0.1) is 0 Å². The molecule has 2 aromatic rings. The first-order chi connectivity index (χ1) is 10.4. The average Bonchev–Trinajstić information content (AvgIpc) is 2.53. The lowest BCUT2D eigenvalue weighted by atomic mass is 9.84. The Morgan fingerprint density at radius 2 is 1.86 bits per heavy atom. The molecule has 0 aromatic heterocycles. The standard InChI is InChI=1S/C18H21BrN2O/c1-18(2,15-4-3-5-16(19)10-15)12-21-17(22)14-8-6-13(11-20)7-9-14/h3-10H,11-12,20H2,1-2H3,(H,21,22). The zero-order valence-electron chi connectivity index (χ0n) is 12.9. The van der Waals surface area contributed by atoms with Crippen LogP contribution in [0.5, 0.6) is 0 Å². The lowest BCUT2D eigenvalue weighted by molar-refractivity contribution is 0.0945. The Kier molecular flexibility index (Phi) is 5.37. The van der Waals surface area contributed by atoms with Crippen molar-refractivity contribution in [3.05, 3.63) is 69.7 Å². The highest BCUT2D eigenvalue weighted by atomic mass is 79.9. The molecule has 0 saturated carbocycles. The van der Waals surface area contributed by atoms with Crippen LogP contribution < -0.4 is 11.1 Å². The third-order valence-electron chi connectivity index (χ3n) is 3.75. The smallest absolute Gasteiger partial charge is 0.251 e. The van der Waals surface area contributed by atoms with Crippen molar-refractivity contribution >= 4 is 21.8 Å². The number of nitrogens with one attached hydrogen (secondary N) is 1. The fourth-order valence-electron chi connectivity index (χ4n) is 2.21. The summed E-state index contributed by atoms with van der Waals surface area (Å²) in [5, 5.41) is 3.01. The van der Waals surface area contributed by atoms with Crippen LogP contribution in [0.3, 0.4) is 0 Å². The summed E-state index contributed by atoms with van der Waals surface area (Å²) in [5.74, 6) is -0.0633. The number of carbonyl (C=O) groups excluding carboxylic acids is 1. The molecule has 22 heavy (non-hydrogen) atoms. The monoisotopic (exact) mass is 360 g/mol. The Bertz CT molecular complexity index is 650. The minimum Gasteiger partial charge on any atom is -0.351 e. The van der Waals surface area contributed by atoms with Gasteiger partial charge in [-0.25, -0.2) is 0 Å². The van der Waals surface area contributed by atoms with E-state index in [1.54, 1.807) is 0 Å². The fraction of sp³-hybridized carbons (Fsp3) is 0.278. The van der Waals surface area contributed by atoms with Crippen LogP contribution in [0.4, 0.5) is 0 Å². The molecule has 0 aliphatic carbocycles. The summed E-state index contributed by atoms with van der Waals surface area (Å²) in [7, 11) is 0. The largest absolute Gasteiger partial charge is 0.351 e. The second-order valence-electron chi connectivity index (χ2n) is 5.98. The maximum atomic E-state index is 12.2. The Balaban J connectivity index is 2.02. The molecule has 0 saturated heterocycles. The predicted molar refractivity (Wildman–Crippen MR) is 93.8 cm³/mol. The second-order valence-corrected chi connectivity index (χ2v) is 6.89. The van der Waals surface area contributed by atoms with Crippen LogP contribution in [0.2, 0.25) is 0 Å². The summed E-state index contributed by atoms with van der Waals surface area (Å²) in [4.78, 5) is 12.2. The van der Waals surface area contributed by atoms with Gasteiger partial charge < -0.3 is 11.1 Å². The van der Waals surface area contributed by atoms with Crippen molar-refractivity contribution in [2.45, 2.75) is 25.8 Å². The molecule has 3 nitrogen and oxygen atoms in total. The van der Waals surface area contributed by atoms with Crippen molar-refractivity contribution in [1.82, 2.24) is 5.32 Å². The van der Waals surface area contributed by atoms with Gasteiger partial charge in [-0.05, 0) is 35.4 Å². The first-order valence-electron chi connectivity index (χ1n) is 7.25. The van der Waals surface area contributed by atoms with Gasteiger partial charge in [-0.2, -0.15) is 0 Å². The highest BCUT2D eigenvalue weighted by Crippen LogP contribution is 2.25. The Morgan fingerprint density at radius 1 is 1.18 bits per heavy atom. The number of halogens is 1. The van der Waals surface area contributed by atoms with Crippen LogP contribution in [0.15, 0.2) is 53.0 Å². The fourth-order valence-corrected chi connectivity index (χ4v) is 2.61. The van der Waals surface area contributed by atoms with E-state index in [1.807, 2.05) is 36.4 Å². The number of nitrogens with two attached hydrogens (primary N) is 1. The van der Waals surface area contributed by atoms with Crippen molar-refractivity contribution < 1.29 is 4.79 Å². The lowest BCUT2D eigenvalue weighted by Gasteiger charge is -2.26. The summed E-state index contributed by atoms with van der Waals surface area (Å²) in [6.07, 6.45) is 0. The highest BCUT2D eigenvalue weighted by Gasteiger charge is 2.21. The summed E-state index contributed by atoms with van der Waals surface area (Å²) >= 11 is 3.49. The van der Waals surface area contributed by atoms with E-state index in [4.69, 9.17) is 5.73 Å². The van der Waals surface area contributed by atoms with Crippen LogP contribution in [0, 0.1) is 0 Å². The third kappa shape index (κ3) is 4.18. The number of benzene rings is 2. The van der Waals surface area contributed by atoms with Crippen molar-refractivity contribution in [1.29, 1.82) is 0 Å². The number of carbonyl (C=O) groups is 1. The van der Waals surface area contributed by atoms with E-state index in [0.717, 1.165) is 10.0 Å². The lowest BCUT2D eigenvalue weighted by Crippen LogP contribution is -2.36. The van der Waals surface area contributed by atoms with Crippen LogP contribution in [0.25, 0.3) is 0 Å². The molecule has 3 N–H and O–H groups in total. The van der Waals surface area contributed by atoms with E-state index < -0.39 is 0 Å². The van der Waals surface area contributed by atoms with Gasteiger partial charge in [0.1, 0.15) is 0 Å². The molecule has 0 fully saturated rings. The second kappa shape index (κ2) is 7.07. The van der Waals surface area contributed by atoms with Gasteiger partial charge in [0.2, 0.25) is 0 Å². The maximum absolute atomic E-state index is 12.2. The van der Waals surface area contributed by atoms with Crippen LogP contribution in [0.1, 0.15) is 35.3 Å². The molecule has 0 unspecified atom stereocenters. The first kappa shape index (κ1) is 16.7. The SMILES string of the molecule is CC(C)(CNC(=O)c1ccc(CN)cc1)c1cccc(Br)c1. The summed E-state index contributed by atoms with van der Waals surface area (Å²) < 4.78 is 1.04. The van der Waals surface area contributed by atoms with E-state index in [9.17, 15) is 4.79 Å². The molecule has 0 bridgehead atoms. The van der Waals surface area contributed by atoms with E-state index in [2.05, 4.69) is 47.2 Å². The van der Waals surface area contributed by atoms with Gasteiger partial charge in [0.15, 0.2) is 0 Å². The normalized spacial score (nSPS) is 11.3. The minimum atomic E-state index is -0.142. The van der Waals surface area contributed by atoms with Gasteiger partial charge in [0.05, 0.1) is 0 Å². The quantitative estimate of drug-likeness (QED) is 0.855. The Morgan fingerprint density at radius 3 is 2.45 bits per heavy atom. The molecule has 1 amide bonds. The van der Waals surface area contributed by atoms with Crippen molar-refractivity contribution in [3.63, 3.8) is 0 Å². The van der Waals surface area contributed by atoms with Crippen LogP contribution >= 0.6 is 15.9 Å². The van der Waals surface area contributed by atoms with Crippen LogP contribution in [-0.4, -0.2) is 12.5 Å². The summed E-state index contributed by atoms with van der Waals surface area (Å²) in [6.45, 7) is 5.29. The predicted octanol–water partition coefficient (Wildman–Crippen LogP) is 3.62. The molecule has 0 spiro atoms. The zero-order chi connectivity index (χ0) is 16.2. The van der Waals surface area contributed by atoms with E-state index in [0.29, 0.717) is 18.7 Å². The molecule has 0 aliphatic rings. The van der Waals surface area contributed by atoms with E-state index in [1.165, 1.54) is 5.56 Å². The van der Waals surface area contributed by atoms with Gasteiger partial charge >= 0.3 is 0 Å². The molecular formula is C18H21BrN2O. The number of hydrogen-bond acceptors (Lipinski definition) is 2. The maximum Gasteiger partial charge on any atom is 0.251 e. The van der Waals surface area contributed by atoms with E-state index >= 15 is 0 Å². The number of hydrogen-bond donors (Lipinski definition) is 2. The number of amides is 1. The van der Waals surface area contributed by atoms with Crippen molar-refractivity contribution in [2.24, 2.45) is 5.73 Å². The summed E-state index contributed by atoms with van der Waals surface area (Å²) in [6, 6.07) is 15.6. The topological polar surface area (TPSA) is 55.1 Å². The average molecular weight is 361 g/mol. The molecule has 0 aliphatic heterocycles.